The first-order chi connectivity index (χ1) is 15.9. The molecular formula is C23H25N5O4S. The monoisotopic (exact) mass is 467 g/mol. The third-order valence-electron chi connectivity index (χ3n) is 5.94. The van der Waals surface area contributed by atoms with Crippen LogP contribution in [0, 0.1) is 6.92 Å². The molecule has 1 fully saturated rings. The maximum atomic E-state index is 13.3. The number of anilines is 1. The van der Waals surface area contributed by atoms with Gasteiger partial charge in [-0.3, -0.25) is 0 Å². The predicted molar refractivity (Wildman–Crippen MR) is 126 cm³/mol. The number of methoxy groups -OCH3 is 2. The molecule has 172 valence electrons. The molecule has 0 amide bonds. The molecule has 3 heterocycles. The normalized spacial score (nSPS) is 15.3. The van der Waals surface area contributed by atoms with Gasteiger partial charge in [-0.25, -0.2) is 17.9 Å². The van der Waals surface area contributed by atoms with Crippen molar-refractivity contribution in [3.05, 3.63) is 54.2 Å². The van der Waals surface area contributed by atoms with Gasteiger partial charge in [-0.1, -0.05) is 12.1 Å². The Hall–Kier alpha value is -3.37. The van der Waals surface area contributed by atoms with Crippen molar-refractivity contribution >= 4 is 32.4 Å². The Balaban J connectivity index is 1.43. The Morgan fingerprint density at radius 1 is 0.909 bits per heavy atom. The first-order valence-corrected chi connectivity index (χ1v) is 12.1. The van der Waals surface area contributed by atoms with E-state index in [1.165, 1.54) is 24.6 Å². The molecule has 0 N–H and O–H groups in total. The van der Waals surface area contributed by atoms with Gasteiger partial charge in [-0.2, -0.15) is 9.40 Å². The Bertz CT molecular complexity index is 1440. The van der Waals surface area contributed by atoms with Gasteiger partial charge in [-0.05, 0) is 31.2 Å². The smallest absolute Gasteiger partial charge is 0.243 e. The first kappa shape index (κ1) is 21.5. The number of piperazine rings is 1. The number of sulfonamides is 1. The average molecular weight is 468 g/mol. The Kier molecular flexibility index (Phi) is 5.34. The number of nitrogens with zero attached hydrogens (tertiary/aromatic N) is 5. The second-order valence-electron chi connectivity index (χ2n) is 7.92. The number of hydrogen-bond donors (Lipinski definition) is 0. The molecule has 2 aromatic carbocycles. The van der Waals surface area contributed by atoms with Gasteiger partial charge < -0.3 is 14.4 Å². The van der Waals surface area contributed by atoms with Gasteiger partial charge in [-0.15, -0.1) is 0 Å². The molecule has 2 aromatic heterocycles. The maximum Gasteiger partial charge on any atom is 0.243 e. The number of hydrogen-bond acceptors (Lipinski definition) is 7. The minimum atomic E-state index is -3.66. The van der Waals surface area contributed by atoms with Crippen molar-refractivity contribution in [2.45, 2.75) is 11.8 Å². The summed E-state index contributed by atoms with van der Waals surface area (Å²) in [5.74, 6) is 1.73. The van der Waals surface area contributed by atoms with Crippen LogP contribution in [0.5, 0.6) is 11.5 Å². The summed E-state index contributed by atoms with van der Waals surface area (Å²) in [4.78, 5) is 7.20. The summed E-state index contributed by atoms with van der Waals surface area (Å²) in [6, 6.07) is 14.6. The van der Waals surface area contributed by atoms with Crippen LogP contribution in [0.2, 0.25) is 0 Å². The highest BCUT2D eigenvalue weighted by atomic mass is 32.2. The lowest BCUT2D eigenvalue weighted by Crippen LogP contribution is -2.49. The minimum absolute atomic E-state index is 0.188. The highest BCUT2D eigenvalue weighted by Crippen LogP contribution is 2.32. The molecule has 0 aliphatic carbocycles. The van der Waals surface area contributed by atoms with Crippen LogP contribution in [0.4, 0.5) is 5.82 Å². The SMILES string of the molecule is COc1ccc(S(=O)(=O)N2CCN(c3nc4cc(C)nn4c4ccccc34)CC2)cc1OC. The number of aryl methyl sites for hydroxylation is 1. The van der Waals surface area contributed by atoms with E-state index in [2.05, 4.69) is 10.00 Å². The zero-order valence-corrected chi connectivity index (χ0v) is 19.5. The van der Waals surface area contributed by atoms with Gasteiger partial charge in [0.05, 0.1) is 30.3 Å². The summed E-state index contributed by atoms with van der Waals surface area (Å²) in [6.07, 6.45) is 0. The van der Waals surface area contributed by atoms with Crippen molar-refractivity contribution in [1.29, 1.82) is 0 Å². The molecule has 0 spiro atoms. The molecule has 33 heavy (non-hydrogen) atoms. The van der Waals surface area contributed by atoms with Crippen LogP contribution in [0.1, 0.15) is 5.69 Å². The van der Waals surface area contributed by atoms with E-state index in [0.717, 1.165) is 28.1 Å². The number of fused-ring (bicyclic) bond motifs is 3. The topological polar surface area (TPSA) is 89.3 Å². The number of rotatable bonds is 5. The van der Waals surface area contributed by atoms with E-state index in [9.17, 15) is 8.42 Å². The van der Waals surface area contributed by atoms with E-state index in [1.54, 1.807) is 12.1 Å². The zero-order chi connectivity index (χ0) is 23.2. The molecule has 4 aromatic rings. The second kappa shape index (κ2) is 8.20. The van der Waals surface area contributed by atoms with E-state index in [0.29, 0.717) is 37.7 Å². The van der Waals surface area contributed by atoms with Crippen LogP contribution in [0.3, 0.4) is 0 Å². The van der Waals surface area contributed by atoms with Gasteiger partial charge in [0.25, 0.3) is 0 Å². The molecule has 1 aliphatic rings. The summed E-state index contributed by atoms with van der Waals surface area (Å²) in [5, 5.41) is 5.55. The van der Waals surface area contributed by atoms with E-state index in [1.807, 2.05) is 41.8 Å². The van der Waals surface area contributed by atoms with Gasteiger partial charge >= 0.3 is 0 Å². The number of para-hydroxylation sites is 1. The molecule has 9 nitrogen and oxygen atoms in total. The summed E-state index contributed by atoms with van der Waals surface area (Å²) < 4.78 is 40.4. The highest BCUT2D eigenvalue weighted by molar-refractivity contribution is 7.89. The fourth-order valence-electron chi connectivity index (χ4n) is 4.27. The zero-order valence-electron chi connectivity index (χ0n) is 18.7. The van der Waals surface area contributed by atoms with Crippen LogP contribution in [-0.2, 0) is 10.0 Å². The summed E-state index contributed by atoms with van der Waals surface area (Å²) in [7, 11) is -0.654. The Labute approximate surface area is 192 Å². The summed E-state index contributed by atoms with van der Waals surface area (Å²) in [6.45, 7) is 3.73. The Morgan fingerprint density at radius 3 is 2.36 bits per heavy atom. The molecule has 5 rings (SSSR count). The molecule has 1 aliphatic heterocycles. The van der Waals surface area contributed by atoms with Crippen LogP contribution in [0.25, 0.3) is 16.6 Å². The summed E-state index contributed by atoms with van der Waals surface area (Å²) >= 11 is 0. The fraction of sp³-hybridized carbons (Fsp3) is 0.304. The number of aromatic nitrogens is 3. The molecule has 0 unspecified atom stereocenters. The molecule has 1 saturated heterocycles. The number of ether oxygens (including phenoxy) is 2. The van der Waals surface area contributed by atoms with E-state index in [-0.39, 0.29) is 4.90 Å². The molecule has 0 bridgehead atoms. The van der Waals surface area contributed by atoms with Crippen molar-refractivity contribution in [1.82, 2.24) is 18.9 Å². The van der Waals surface area contributed by atoms with Gasteiger partial charge in [0.2, 0.25) is 10.0 Å². The lowest BCUT2D eigenvalue weighted by Gasteiger charge is -2.35. The maximum absolute atomic E-state index is 13.3. The molecular weight excluding hydrogens is 442 g/mol. The van der Waals surface area contributed by atoms with Gasteiger partial charge in [0.1, 0.15) is 5.82 Å². The van der Waals surface area contributed by atoms with Crippen molar-refractivity contribution < 1.29 is 17.9 Å². The minimum Gasteiger partial charge on any atom is -0.493 e. The first-order valence-electron chi connectivity index (χ1n) is 10.6. The molecule has 0 atom stereocenters. The average Bonchev–Trinajstić information content (AvgIpc) is 3.23. The Morgan fingerprint density at radius 2 is 1.64 bits per heavy atom. The fourth-order valence-corrected chi connectivity index (χ4v) is 5.70. The van der Waals surface area contributed by atoms with Gasteiger partial charge in [0, 0.05) is 43.7 Å². The highest BCUT2D eigenvalue weighted by Gasteiger charge is 2.30. The molecule has 0 radical (unpaired) electrons. The van der Waals surface area contributed by atoms with Crippen LogP contribution < -0.4 is 14.4 Å². The van der Waals surface area contributed by atoms with E-state index in [4.69, 9.17) is 14.5 Å². The molecule has 10 heteroatoms. The standard InChI is InChI=1S/C23H25N5O4S/c1-16-14-22-24-23(18-6-4-5-7-19(18)28(22)25-16)26-10-12-27(13-11-26)33(29,30)17-8-9-20(31-2)21(15-17)32-3/h4-9,14-15H,10-13H2,1-3H3. The van der Waals surface area contributed by atoms with Crippen molar-refractivity contribution in [3.8, 4) is 11.5 Å². The van der Waals surface area contributed by atoms with Crippen molar-refractivity contribution in [2.24, 2.45) is 0 Å². The quantitative estimate of drug-likeness (QED) is 0.446. The number of benzene rings is 2. The lowest BCUT2D eigenvalue weighted by molar-refractivity contribution is 0.353. The second-order valence-corrected chi connectivity index (χ2v) is 9.85. The third-order valence-corrected chi connectivity index (χ3v) is 7.83. The third kappa shape index (κ3) is 3.65. The van der Waals surface area contributed by atoms with Crippen LogP contribution >= 0.6 is 0 Å². The molecule has 0 saturated carbocycles. The predicted octanol–water partition coefficient (Wildman–Crippen LogP) is 2.72. The largest absolute Gasteiger partial charge is 0.493 e. The van der Waals surface area contributed by atoms with Gasteiger partial charge in [0.15, 0.2) is 17.1 Å². The van der Waals surface area contributed by atoms with Crippen molar-refractivity contribution in [2.75, 3.05) is 45.3 Å². The van der Waals surface area contributed by atoms with Crippen molar-refractivity contribution in [3.63, 3.8) is 0 Å². The summed E-state index contributed by atoms with van der Waals surface area (Å²) in [5.41, 5.74) is 2.66. The van der Waals surface area contributed by atoms with E-state index < -0.39 is 10.0 Å². The van der Waals surface area contributed by atoms with E-state index >= 15 is 0 Å². The lowest BCUT2D eigenvalue weighted by atomic mass is 10.2. The van der Waals surface area contributed by atoms with Crippen LogP contribution in [-0.4, -0.2) is 67.7 Å². The van der Waals surface area contributed by atoms with Crippen LogP contribution in [0.15, 0.2) is 53.4 Å².